The average molecular weight is 238 g/mol. The van der Waals surface area contributed by atoms with Gasteiger partial charge in [0.05, 0.1) is 0 Å². The van der Waals surface area contributed by atoms with Gasteiger partial charge in [0.2, 0.25) is 0 Å². The Balaban J connectivity index is 0.000000686. The molecule has 1 fully saturated rings. The van der Waals surface area contributed by atoms with Gasteiger partial charge >= 0.3 is 0 Å². The van der Waals surface area contributed by atoms with Gasteiger partial charge in [0.1, 0.15) is 5.82 Å². The van der Waals surface area contributed by atoms with Crippen molar-refractivity contribution >= 4 is 0 Å². The number of hydrogen-bond acceptors (Lipinski definition) is 2. The van der Waals surface area contributed by atoms with Gasteiger partial charge < -0.3 is 4.90 Å². The van der Waals surface area contributed by atoms with Gasteiger partial charge in [0.15, 0.2) is 0 Å². The van der Waals surface area contributed by atoms with Gasteiger partial charge in [0.25, 0.3) is 0 Å². The van der Waals surface area contributed by atoms with Crippen LogP contribution in [0.5, 0.6) is 0 Å². The molecule has 0 aromatic heterocycles. The zero-order valence-corrected chi connectivity index (χ0v) is 11.1. The molecule has 1 aromatic rings. The highest BCUT2D eigenvalue weighted by atomic mass is 19.1. The van der Waals surface area contributed by atoms with E-state index < -0.39 is 0 Å². The van der Waals surface area contributed by atoms with Crippen molar-refractivity contribution in [3.63, 3.8) is 0 Å². The maximum Gasteiger partial charge on any atom is 0.123 e. The van der Waals surface area contributed by atoms with Crippen LogP contribution in [0.1, 0.15) is 19.4 Å². The van der Waals surface area contributed by atoms with Crippen LogP contribution in [0.15, 0.2) is 24.3 Å². The fraction of sp³-hybridized carbons (Fsp3) is 0.571. The van der Waals surface area contributed by atoms with E-state index >= 15 is 0 Å². The summed E-state index contributed by atoms with van der Waals surface area (Å²) < 4.78 is 12.7. The first-order valence-electron chi connectivity index (χ1n) is 6.39. The van der Waals surface area contributed by atoms with Gasteiger partial charge in [-0.3, -0.25) is 4.90 Å². The van der Waals surface area contributed by atoms with E-state index in [2.05, 4.69) is 16.8 Å². The molecule has 0 radical (unpaired) electrons. The fourth-order valence-electron chi connectivity index (χ4n) is 1.85. The molecule has 0 amide bonds. The highest BCUT2D eigenvalue weighted by molar-refractivity contribution is 5.15. The van der Waals surface area contributed by atoms with Crippen LogP contribution in [-0.4, -0.2) is 43.0 Å². The number of hydrogen-bond donors (Lipinski definition) is 0. The zero-order valence-electron chi connectivity index (χ0n) is 11.1. The van der Waals surface area contributed by atoms with Crippen molar-refractivity contribution in [3.05, 3.63) is 35.6 Å². The lowest BCUT2D eigenvalue weighted by atomic mass is 10.2. The molecule has 1 aliphatic rings. The summed E-state index contributed by atoms with van der Waals surface area (Å²) in [7, 11) is 2.15. The number of nitrogens with zero attached hydrogens (tertiary/aromatic N) is 2. The van der Waals surface area contributed by atoms with Gasteiger partial charge in [0, 0.05) is 32.7 Å². The predicted octanol–water partition coefficient (Wildman–Crippen LogP) is 2.60. The second kappa shape index (κ2) is 7.41. The maximum absolute atomic E-state index is 12.7. The zero-order chi connectivity index (χ0) is 12.7. The number of rotatable bonds is 2. The standard InChI is InChI=1S/C12H17FN2.C2H6/c1-14-6-8-15(9-7-14)10-11-2-4-12(13)5-3-11;1-2/h2-5H,6-10H2,1H3;1-2H3. The summed E-state index contributed by atoms with van der Waals surface area (Å²) >= 11 is 0. The molecular formula is C14H23FN2. The summed E-state index contributed by atoms with van der Waals surface area (Å²) in [6.07, 6.45) is 0. The molecule has 1 heterocycles. The Morgan fingerprint density at radius 3 is 2.06 bits per heavy atom. The summed E-state index contributed by atoms with van der Waals surface area (Å²) in [5.41, 5.74) is 1.20. The van der Waals surface area contributed by atoms with E-state index in [9.17, 15) is 4.39 Å². The van der Waals surface area contributed by atoms with Crippen molar-refractivity contribution in [2.24, 2.45) is 0 Å². The van der Waals surface area contributed by atoms with Crippen LogP contribution in [0.4, 0.5) is 4.39 Å². The minimum atomic E-state index is -0.155. The Labute approximate surface area is 104 Å². The highest BCUT2D eigenvalue weighted by Crippen LogP contribution is 2.08. The van der Waals surface area contributed by atoms with Crippen molar-refractivity contribution in [2.75, 3.05) is 33.2 Å². The molecule has 0 unspecified atom stereocenters. The van der Waals surface area contributed by atoms with E-state index in [1.807, 2.05) is 26.0 Å². The van der Waals surface area contributed by atoms with E-state index in [0.29, 0.717) is 0 Å². The van der Waals surface area contributed by atoms with E-state index in [0.717, 1.165) is 32.7 Å². The number of likely N-dealkylation sites (N-methyl/N-ethyl adjacent to an activating group) is 1. The van der Waals surface area contributed by atoms with Crippen LogP contribution in [-0.2, 0) is 6.54 Å². The Bertz CT molecular complexity index is 303. The number of piperazine rings is 1. The molecule has 96 valence electrons. The van der Waals surface area contributed by atoms with Crippen LogP contribution in [0, 0.1) is 5.82 Å². The third kappa shape index (κ3) is 4.84. The summed E-state index contributed by atoms with van der Waals surface area (Å²) in [5.74, 6) is -0.155. The van der Waals surface area contributed by atoms with Gasteiger partial charge in [-0.15, -0.1) is 0 Å². The lowest BCUT2D eigenvalue weighted by Gasteiger charge is -2.32. The van der Waals surface area contributed by atoms with Crippen LogP contribution < -0.4 is 0 Å². The van der Waals surface area contributed by atoms with Crippen molar-refractivity contribution in [2.45, 2.75) is 20.4 Å². The summed E-state index contributed by atoms with van der Waals surface area (Å²) in [6.45, 7) is 9.40. The van der Waals surface area contributed by atoms with Gasteiger partial charge in [-0.25, -0.2) is 4.39 Å². The van der Waals surface area contributed by atoms with Crippen LogP contribution in [0.25, 0.3) is 0 Å². The Morgan fingerprint density at radius 2 is 1.53 bits per heavy atom. The second-order valence-corrected chi connectivity index (χ2v) is 4.21. The first-order chi connectivity index (χ1) is 8.24. The Hall–Kier alpha value is -0.930. The molecule has 0 spiro atoms. The SMILES string of the molecule is CC.CN1CCN(Cc2ccc(F)cc2)CC1. The van der Waals surface area contributed by atoms with E-state index in [4.69, 9.17) is 0 Å². The maximum atomic E-state index is 12.7. The predicted molar refractivity (Wildman–Crippen MR) is 70.5 cm³/mol. The second-order valence-electron chi connectivity index (χ2n) is 4.21. The molecule has 1 aliphatic heterocycles. The first-order valence-corrected chi connectivity index (χ1v) is 6.39. The normalized spacial score (nSPS) is 17.4. The van der Waals surface area contributed by atoms with Gasteiger partial charge in [-0.1, -0.05) is 26.0 Å². The van der Waals surface area contributed by atoms with Gasteiger partial charge in [-0.05, 0) is 24.7 Å². The molecule has 2 rings (SSSR count). The lowest BCUT2D eigenvalue weighted by molar-refractivity contribution is 0.148. The minimum absolute atomic E-state index is 0.155. The Kier molecular flexibility index (Phi) is 6.16. The molecule has 17 heavy (non-hydrogen) atoms. The molecular weight excluding hydrogens is 215 g/mol. The van der Waals surface area contributed by atoms with Crippen LogP contribution in [0.3, 0.4) is 0 Å². The first kappa shape index (κ1) is 14.1. The van der Waals surface area contributed by atoms with Crippen LogP contribution in [0.2, 0.25) is 0 Å². The molecule has 0 saturated carbocycles. The Morgan fingerprint density at radius 1 is 1.00 bits per heavy atom. The highest BCUT2D eigenvalue weighted by Gasteiger charge is 2.13. The molecule has 0 bridgehead atoms. The summed E-state index contributed by atoms with van der Waals surface area (Å²) in [4.78, 5) is 4.74. The molecule has 0 N–H and O–H groups in total. The van der Waals surface area contributed by atoms with E-state index in [-0.39, 0.29) is 5.82 Å². The summed E-state index contributed by atoms with van der Waals surface area (Å²) in [6, 6.07) is 6.80. The van der Waals surface area contributed by atoms with Gasteiger partial charge in [-0.2, -0.15) is 0 Å². The number of halogens is 1. The molecule has 0 atom stereocenters. The average Bonchev–Trinajstić information content (AvgIpc) is 2.37. The quantitative estimate of drug-likeness (QED) is 0.781. The number of benzene rings is 1. The molecule has 1 saturated heterocycles. The molecule has 0 aliphatic carbocycles. The third-order valence-corrected chi connectivity index (χ3v) is 2.92. The lowest BCUT2D eigenvalue weighted by Crippen LogP contribution is -2.43. The summed E-state index contributed by atoms with van der Waals surface area (Å²) in [5, 5.41) is 0. The molecule has 3 heteroatoms. The monoisotopic (exact) mass is 238 g/mol. The largest absolute Gasteiger partial charge is 0.304 e. The topological polar surface area (TPSA) is 6.48 Å². The van der Waals surface area contributed by atoms with E-state index in [1.54, 1.807) is 0 Å². The van der Waals surface area contributed by atoms with Crippen molar-refractivity contribution in [1.29, 1.82) is 0 Å². The molecule has 2 nitrogen and oxygen atoms in total. The van der Waals surface area contributed by atoms with E-state index in [1.165, 1.54) is 17.7 Å². The minimum Gasteiger partial charge on any atom is -0.304 e. The molecule has 1 aromatic carbocycles. The smallest absolute Gasteiger partial charge is 0.123 e. The fourth-order valence-corrected chi connectivity index (χ4v) is 1.85. The van der Waals surface area contributed by atoms with Crippen LogP contribution >= 0.6 is 0 Å². The third-order valence-electron chi connectivity index (χ3n) is 2.92. The van der Waals surface area contributed by atoms with Crippen molar-refractivity contribution < 1.29 is 4.39 Å². The van der Waals surface area contributed by atoms with Crippen molar-refractivity contribution in [1.82, 2.24) is 9.80 Å². The van der Waals surface area contributed by atoms with Crippen molar-refractivity contribution in [3.8, 4) is 0 Å².